The molecule has 0 radical (unpaired) electrons. The van der Waals surface area contributed by atoms with Gasteiger partial charge in [0.1, 0.15) is 0 Å². The average molecular weight is 557 g/mol. The second kappa shape index (κ2) is 11.3. The summed E-state index contributed by atoms with van der Waals surface area (Å²) in [6.45, 7) is 7.49. The molecule has 2 aromatic rings. The normalized spacial score (nSPS) is 15.5. The van der Waals surface area contributed by atoms with E-state index in [0.29, 0.717) is 17.5 Å². The van der Waals surface area contributed by atoms with Crippen LogP contribution in [0.4, 0.5) is 0 Å². The molecule has 1 aliphatic heterocycles. The molecule has 8 heteroatoms. The number of nitrogens with one attached hydrogen (secondary N) is 2. The van der Waals surface area contributed by atoms with Crippen LogP contribution in [0, 0.1) is 6.92 Å². The lowest BCUT2D eigenvalue weighted by Crippen LogP contribution is -2.47. The molecule has 1 atom stereocenters. The quantitative estimate of drug-likeness (QED) is 0.325. The fourth-order valence-electron chi connectivity index (χ4n) is 3.91. The number of fused-ring (bicyclic) bond motifs is 1. The average Bonchev–Trinajstić information content (AvgIpc) is 2.72. The van der Waals surface area contributed by atoms with Crippen molar-refractivity contribution in [1.29, 1.82) is 0 Å². The number of sulfone groups is 1. The Morgan fingerprint density at radius 1 is 1.16 bits per heavy atom. The summed E-state index contributed by atoms with van der Waals surface area (Å²) in [6, 6.07) is 14.5. The van der Waals surface area contributed by atoms with E-state index in [1.807, 2.05) is 19.1 Å². The van der Waals surface area contributed by atoms with Gasteiger partial charge in [0, 0.05) is 45.5 Å². The van der Waals surface area contributed by atoms with Gasteiger partial charge >= 0.3 is 0 Å². The number of rotatable bonds is 6. The van der Waals surface area contributed by atoms with E-state index in [0.717, 1.165) is 43.1 Å². The highest BCUT2D eigenvalue weighted by molar-refractivity contribution is 14.0. The molecule has 2 N–H and O–H groups in total. The van der Waals surface area contributed by atoms with E-state index in [1.54, 1.807) is 13.1 Å². The van der Waals surface area contributed by atoms with E-state index in [4.69, 9.17) is 0 Å². The Morgan fingerprint density at radius 2 is 1.87 bits per heavy atom. The summed E-state index contributed by atoms with van der Waals surface area (Å²) in [5.41, 5.74) is 4.66. The van der Waals surface area contributed by atoms with Gasteiger partial charge in [-0.3, -0.25) is 9.89 Å². The Hall–Kier alpha value is -1.65. The van der Waals surface area contributed by atoms with Crippen LogP contribution in [-0.4, -0.2) is 51.7 Å². The largest absolute Gasteiger partial charge is 0.355 e. The van der Waals surface area contributed by atoms with Crippen LogP contribution in [0.1, 0.15) is 29.2 Å². The van der Waals surface area contributed by atoms with Crippen molar-refractivity contribution >= 4 is 39.8 Å². The molecule has 170 valence electrons. The van der Waals surface area contributed by atoms with Gasteiger partial charge in [-0.1, -0.05) is 36.4 Å². The Balaban J connectivity index is 0.00000341. The Labute approximate surface area is 203 Å². The second-order valence-corrected chi connectivity index (χ2v) is 10.0. The predicted octanol–water partition coefficient (Wildman–Crippen LogP) is 3.13. The first-order valence-electron chi connectivity index (χ1n) is 10.3. The van der Waals surface area contributed by atoms with E-state index in [1.165, 1.54) is 17.4 Å². The van der Waals surface area contributed by atoms with Gasteiger partial charge in [0.25, 0.3) is 0 Å². The molecular weight excluding hydrogens is 523 g/mol. The fourth-order valence-corrected chi connectivity index (χ4v) is 4.87. The van der Waals surface area contributed by atoms with Crippen molar-refractivity contribution in [2.75, 3.05) is 26.4 Å². The van der Waals surface area contributed by atoms with E-state index in [2.05, 4.69) is 51.7 Å². The third kappa shape index (κ3) is 6.92. The van der Waals surface area contributed by atoms with Gasteiger partial charge in [0.15, 0.2) is 15.8 Å². The molecule has 0 aromatic heterocycles. The number of aryl methyl sites for hydroxylation is 1. The molecular formula is C23H33IN4O2S. The number of nitrogens with zero attached hydrogens (tertiary/aromatic N) is 2. The highest BCUT2D eigenvalue weighted by Crippen LogP contribution is 2.20. The Morgan fingerprint density at radius 3 is 2.52 bits per heavy atom. The van der Waals surface area contributed by atoms with E-state index in [-0.39, 0.29) is 24.0 Å². The summed E-state index contributed by atoms with van der Waals surface area (Å²) in [5, 5.41) is 6.73. The third-order valence-electron chi connectivity index (χ3n) is 5.67. The van der Waals surface area contributed by atoms with Gasteiger partial charge < -0.3 is 10.6 Å². The zero-order valence-electron chi connectivity index (χ0n) is 18.7. The number of guanidine groups is 1. The molecule has 2 aromatic carbocycles. The molecule has 0 spiro atoms. The maximum Gasteiger partial charge on any atom is 0.191 e. The van der Waals surface area contributed by atoms with Crippen LogP contribution in [-0.2, 0) is 29.3 Å². The van der Waals surface area contributed by atoms with Gasteiger partial charge in [-0.15, -0.1) is 24.0 Å². The topological polar surface area (TPSA) is 73.8 Å². The van der Waals surface area contributed by atoms with Crippen LogP contribution >= 0.6 is 24.0 Å². The van der Waals surface area contributed by atoms with Crippen molar-refractivity contribution in [3.05, 3.63) is 64.7 Å². The minimum absolute atomic E-state index is 0. The molecule has 0 bridgehead atoms. The van der Waals surface area contributed by atoms with Crippen LogP contribution in [0.2, 0.25) is 0 Å². The minimum Gasteiger partial charge on any atom is -0.355 e. The van der Waals surface area contributed by atoms with Crippen molar-refractivity contribution < 1.29 is 8.42 Å². The second-order valence-electron chi connectivity index (χ2n) is 8.02. The van der Waals surface area contributed by atoms with E-state index in [9.17, 15) is 8.42 Å². The first-order valence-corrected chi connectivity index (χ1v) is 12.2. The lowest BCUT2D eigenvalue weighted by atomic mass is 9.99. The van der Waals surface area contributed by atoms with E-state index < -0.39 is 9.84 Å². The first kappa shape index (κ1) is 25.6. The highest BCUT2D eigenvalue weighted by Gasteiger charge is 2.20. The monoisotopic (exact) mass is 556 g/mol. The summed E-state index contributed by atoms with van der Waals surface area (Å²) in [4.78, 5) is 7.19. The SMILES string of the molecule is CN=C(NCc1ccc(S(C)(=O)=O)c(C)c1)NCC(C)N1CCc2ccccc2C1.I. The van der Waals surface area contributed by atoms with Crippen molar-refractivity contribution in [3.63, 3.8) is 0 Å². The van der Waals surface area contributed by atoms with Crippen molar-refractivity contribution in [2.45, 2.75) is 44.3 Å². The number of benzene rings is 2. The minimum atomic E-state index is -3.19. The predicted molar refractivity (Wildman–Crippen MR) is 138 cm³/mol. The van der Waals surface area contributed by atoms with E-state index >= 15 is 0 Å². The lowest BCUT2D eigenvalue weighted by Gasteiger charge is -2.34. The molecule has 3 rings (SSSR count). The smallest absolute Gasteiger partial charge is 0.191 e. The van der Waals surface area contributed by atoms with Crippen LogP contribution < -0.4 is 10.6 Å². The maximum absolute atomic E-state index is 11.8. The third-order valence-corrected chi connectivity index (χ3v) is 6.93. The molecule has 0 saturated carbocycles. The summed E-state index contributed by atoms with van der Waals surface area (Å²) < 4.78 is 23.6. The molecule has 31 heavy (non-hydrogen) atoms. The Bertz CT molecular complexity index is 1020. The summed E-state index contributed by atoms with van der Waals surface area (Å²) in [7, 11) is -1.44. The molecule has 1 unspecified atom stereocenters. The fraction of sp³-hybridized carbons (Fsp3) is 0.435. The summed E-state index contributed by atoms with van der Waals surface area (Å²) in [5.74, 6) is 0.740. The van der Waals surface area contributed by atoms with Gasteiger partial charge in [-0.25, -0.2) is 8.42 Å². The van der Waals surface area contributed by atoms with Crippen molar-refractivity contribution in [2.24, 2.45) is 4.99 Å². The molecule has 1 aliphatic rings. The summed E-state index contributed by atoms with van der Waals surface area (Å²) in [6.07, 6.45) is 2.33. The molecule has 1 heterocycles. The zero-order chi connectivity index (χ0) is 21.7. The lowest BCUT2D eigenvalue weighted by molar-refractivity contribution is 0.191. The van der Waals surface area contributed by atoms with Gasteiger partial charge in [0.2, 0.25) is 0 Å². The van der Waals surface area contributed by atoms with Crippen LogP contribution in [0.15, 0.2) is 52.4 Å². The zero-order valence-corrected chi connectivity index (χ0v) is 21.8. The summed E-state index contributed by atoms with van der Waals surface area (Å²) >= 11 is 0. The van der Waals surface area contributed by atoms with Crippen LogP contribution in [0.25, 0.3) is 0 Å². The van der Waals surface area contributed by atoms with Crippen LogP contribution in [0.3, 0.4) is 0 Å². The molecule has 0 saturated heterocycles. The molecule has 6 nitrogen and oxygen atoms in total. The van der Waals surface area contributed by atoms with Gasteiger partial charge in [0.05, 0.1) is 4.90 Å². The standard InChI is InChI=1S/C23H32N4O2S.HI/c1-17-13-19(9-10-22(17)30(4,28)29)15-26-23(24-3)25-14-18(2)27-12-11-20-7-5-6-8-21(20)16-27;/h5-10,13,18H,11-12,14-16H2,1-4H3,(H2,24,25,26);1H. The number of halogens is 1. The molecule has 0 aliphatic carbocycles. The van der Waals surface area contributed by atoms with Gasteiger partial charge in [-0.2, -0.15) is 0 Å². The highest BCUT2D eigenvalue weighted by atomic mass is 127. The van der Waals surface area contributed by atoms with Crippen molar-refractivity contribution in [1.82, 2.24) is 15.5 Å². The number of hydrogen-bond donors (Lipinski definition) is 2. The number of aliphatic imine (C=N–C) groups is 1. The van der Waals surface area contributed by atoms with Gasteiger partial charge in [-0.05, 0) is 48.6 Å². The van der Waals surface area contributed by atoms with Crippen LogP contribution in [0.5, 0.6) is 0 Å². The first-order chi connectivity index (χ1) is 14.3. The van der Waals surface area contributed by atoms with Crippen molar-refractivity contribution in [3.8, 4) is 0 Å². The number of hydrogen-bond acceptors (Lipinski definition) is 4. The molecule has 0 amide bonds. The molecule has 0 fully saturated rings. The maximum atomic E-state index is 11.8. The Kier molecular flexibility index (Phi) is 9.32.